The predicted octanol–water partition coefficient (Wildman–Crippen LogP) is -2.07. The van der Waals surface area contributed by atoms with Crippen LogP contribution in [-0.4, -0.2) is 130 Å². The minimum absolute atomic E-state index is 0.0267. The van der Waals surface area contributed by atoms with Crippen molar-refractivity contribution in [2.24, 2.45) is 22.2 Å². The number of rotatable bonds is 12. The zero-order valence-electron chi connectivity index (χ0n) is 30.2. The topological polar surface area (TPSA) is 368 Å². The summed E-state index contributed by atoms with van der Waals surface area (Å²) >= 11 is 0. The number of carbonyl (C=O) groups is 8. The lowest BCUT2D eigenvalue weighted by atomic mass is 10.0. The van der Waals surface area contributed by atoms with Crippen LogP contribution >= 0.6 is 0 Å². The van der Waals surface area contributed by atoms with E-state index in [9.17, 15) is 65.3 Å². The average molecular weight is 848 g/mol. The molecule has 5 amide bonds. The highest BCUT2D eigenvalue weighted by Crippen LogP contribution is 2.15. The van der Waals surface area contributed by atoms with Crippen molar-refractivity contribution < 1.29 is 85.1 Å². The molecular weight excluding hydrogens is 804 g/mol. The van der Waals surface area contributed by atoms with Gasteiger partial charge in [0.1, 0.15) is 29.9 Å². The zero-order chi connectivity index (χ0) is 44.8. The van der Waals surface area contributed by atoms with Gasteiger partial charge in [-0.25, -0.2) is 9.59 Å². The molecule has 21 nitrogen and oxygen atoms in total. The summed E-state index contributed by atoms with van der Waals surface area (Å²) in [6.07, 6.45) is -9.58. The first kappa shape index (κ1) is 51.6. The minimum Gasteiger partial charge on any atom is -0.508 e. The highest BCUT2D eigenvalue weighted by Gasteiger charge is 2.39. The molecule has 1 aliphatic rings. The third kappa shape index (κ3) is 22.2. The maximum atomic E-state index is 13.6. The lowest BCUT2D eigenvalue weighted by Crippen LogP contribution is -2.58. The van der Waals surface area contributed by atoms with E-state index >= 15 is 0 Å². The van der Waals surface area contributed by atoms with E-state index in [-0.39, 0.29) is 43.9 Å². The number of alkyl halides is 6. The summed E-state index contributed by atoms with van der Waals surface area (Å²) in [4.78, 5) is 99.0. The van der Waals surface area contributed by atoms with E-state index < -0.39 is 96.9 Å². The number of carboxylic acid groups (broad SMARTS) is 3. The van der Waals surface area contributed by atoms with Gasteiger partial charge in [-0.3, -0.25) is 33.8 Å². The number of benzene rings is 1. The van der Waals surface area contributed by atoms with Crippen molar-refractivity contribution >= 4 is 53.4 Å². The molecule has 1 aliphatic heterocycles. The number of hydrogen-bond acceptors (Lipinski definition) is 11. The van der Waals surface area contributed by atoms with E-state index in [2.05, 4.69) is 31.6 Å². The maximum Gasteiger partial charge on any atom is 0.490 e. The van der Waals surface area contributed by atoms with Gasteiger partial charge in [0.2, 0.25) is 29.5 Å². The number of unbranched alkanes of at least 4 members (excludes halogenated alkanes) is 1. The van der Waals surface area contributed by atoms with Crippen LogP contribution in [0.1, 0.15) is 44.1 Å². The molecular formula is C31H43F6N9O12. The van der Waals surface area contributed by atoms with E-state index in [1.54, 1.807) is 0 Å². The standard InChI is InChI=1S/C27H41N9O8.2C2HF3O2/c28-10-2-1-4-18-24(42)34-17(5-3-11-31-27(29)30)23(41)32-14-21(38)33-20(13-22(39)40)26(44)36-19(25(43)35-18)12-15-6-8-16(37)9-7-15;2*3-2(4,5)1(6)7/h6-9,17-20,37H,1-5,10-14,28H2,(H,32,41)(H,33,38)(H,34,42)(H,35,43)(H,36,44)(H,39,40)(H4,29,30,31);2*(H,6,7)/t17?,18?,19?,20-;;/m0../s1. The number of nitrogens with zero attached hydrogens (tertiary/aromatic N) is 1. The van der Waals surface area contributed by atoms with E-state index in [0.717, 1.165) is 0 Å². The molecule has 0 radical (unpaired) electrons. The summed E-state index contributed by atoms with van der Waals surface area (Å²) in [6.45, 7) is -0.136. The Labute approximate surface area is 324 Å². The van der Waals surface area contributed by atoms with Crippen LogP contribution in [0.5, 0.6) is 5.75 Å². The van der Waals surface area contributed by atoms with Crippen LogP contribution in [0, 0.1) is 0 Å². The molecule has 1 heterocycles. The molecule has 0 aromatic heterocycles. The first-order valence-electron chi connectivity index (χ1n) is 16.6. The summed E-state index contributed by atoms with van der Waals surface area (Å²) in [6, 6.07) is 0.627. The quantitative estimate of drug-likeness (QED) is 0.0465. The summed E-state index contributed by atoms with van der Waals surface area (Å²) in [5.74, 6) is -11.1. The average Bonchev–Trinajstić information content (AvgIpc) is 3.10. The smallest absolute Gasteiger partial charge is 0.490 e. The predicted molar refractivity (Wildman–Crippen MR) is 185 cm³/mol. The Morgan fingerprint density at radius 3 is 1.60 bits per heavy atom. The Morgan fingerprint density at radius 1 is 0.690 bits per heavy atom. The highest BCUT2D eigenvalue weighted by molar-refractivity contribution is 5.98. The number of nitrogens with two attached hydrogens (primary N) is 3. The van der Waals surface area contributed by atoms with Crippen LogP contribution in [0.15, 0.2) is 29.3 Å². The Bertz CT molecular complexity index is 1580. The number of nitrogens with one attached hydrogen (secondary N) is 5. The van der Waals surface area contributed by atoms with Crippen molar-refractivity contribution in [1.82, 2.24) is 26.6 Å². The Morgan fingerprint density at radius 2 is 1.14 bits per heavy atom. The minimum atomic E-state index is -5.08. The number of guanidine groups is 1. The third-order valence-electron chi connectivity index (χ3n) is 7.11. The number of hydrogen-bond donors (Lipinski definition) is 12. The molecule has 1 fully saturated rings. The van der Waals surface area contributed by atoms with Crippen molar-refractivity contribution in [2.75, 3.05) is 19.6 Å². The fourth-order valence-corrected chi connectivity index (χ4v) is 4.35. The Kier molecular flexibility index (Phi) is 22.2. The van der Waals surface area contributed by atoms with Crippen LogP contribution in [0.3, 0.4) is 0 Å². The summed E-state index contributed by atoms with van der Waals surface area (Å²) < 4.78 is 63.5. The van der Waals surface area contributed by atoms with Crippen molar-refractivity contribution in [1.29, 1.82) is 0 Å². The van der Waals surface area contributed by atoms with Gasteiger partial charge < -0.3 is 64.2 Å². The molecule has 0 saturated carbocycles. The fourth-order valence-electron chi connectivity index (χ4n) is 4.35. The molecule has 0 spiro atoms. The van der Waals surface area contributed by atoms with Crippen LogP contribution < -0.4 is 43.8 Å². The number of amides is 5. The molecule has 27 heteroatoms. The van der Waals surface area contributed by atoms with Crippen molar-refractivity contribution in [3.8, 4) is 5.75 Å². The number of aliphatic carboxylic acids is 3. The number of aromatic hydroxyl groups is 1. The van der Waals surface area contributed by atoms with Crippen molar-refractivity contribution in [3.05, 3.63) is 29.8 Å². The van der Waals surface area contributed by atoms with Gasteiger partial charge in [-0.05, 0) is 56.3 Å². The van der Waals surface area contributed by atoms with E-state index in [1.807, 2.05) is 0 Å². The van der Waals surface area contributed by atoms with Crippen molar-refractivity contribution in [3.63, 3.8) is 0 Å². The second-order valence-corrected chi connectivity index (χ2v) is 11.8. The molecule has 3 unspecified atom stereocenters. The first-order valence-corrected chi connectivity index (χ1v) is 16.6. The van der Waals surface area contributed by atoms with Gasteiger partial charge in [0.25, 0.3) is 0 Å². The van der Waals surface area contributed by atoms with Crippen LogP contribution in [0.25, 0.3) is 0 Å². The van der Waals surface area contributed by atoms with Gasteiger partial charge in [-0.2, -0.15) is 26.3 Å². The van der Waals surface area contributed by atoms with Gasteiger partial charge in [-0.1, -0.05) is 12.1 Å². The van der Waals surface area contributed by atoms with E-state index in [4.69, 9.17) is 37.0 Å². The van der Waals surface area contributed by atoms with Crippen molar-refractivity contribution in [2.45, 2.75) is 81.5 Å². The molecule has 1 saturated heterocycles. The molecule has 326 valence electrons. The largest absolute Gasteiger partial charge is 0.508 e. The fraction of sp³-hybridized carbons (Fsp3) is 0.516. The lowest BCUT2D eigenvalue weighted by molar-refractivity contribution is -0.193. The van der Waals surface area contributed by atoms with Gasteiger partial charge in [0.15, 0.2) is 5.96 Å². The Hall–Kier alpha value is -6.41. The molecule has 1 aromatic carbocycles. The number of phenolic OH excluding ortho intramolecular Hbond substituents is 1. The number of carboxylic acids is 3. The van der Waals surface area contributed by atoms with Crippen LogP contribution in [0.4, 0.5) is 26.3 Å². The monoisotopic (exact) mass is 847 g/mol. The molecule has 1 aromatic rings. The molecule has 0 aliphatic carbocycles. The number of aliphatic imine (C=N–C) groups is 1. The number of halogens is 6. The molecule has 58 heavy (non-hydrogen) atoms. The van der Waals surface area contributed by atoms with Gasteiger partial charge in [-0.15, -0.1) is 0 Å². The van der Waals surface area contributed by atoms with Gasteiger partial charge >= 0.3 is 30.3 Å². The SMILES string of the molecule is NCCCCC1NC(=O)C(Cc2ccc(O)cc2)NC(=O)[C@H](CC(=O)O)NC(=O)CNC(=O)C(CCCN=C(N)N)NC1=O.O=C(O)C(F)(F)F.O=C(O)C(F)(F)F. The number of phenols is 1. The Balaban J connectivity index is 0.00000197. The first-order chi connectivity index (χ1) is 26.8. The van der Waals surface area contributed by atoms with E-state index in [0.29, 0.717) is 24.9 Å². The lowest BCUT2D eigenvalue weighted by Gasteiger charge is -2.26. The highest BCUT2D eigenvalue weighted by atomic mass is 19.4. The summed E-state index contributed by atoms with van der Waals surface area (Å²) in [5, 5.41) is 45.6. The van der Waals surface area contributed by atoms with Crippen LogP contribution in [0.2, 0.25) is 0 Å². The third-order valence-corrected chi connectivity index (χ3v) is 7.11. The molecule has 0 bridgehead atoms. The summed E-state index contributed by atoms with van der Waals surface area (Å²) in [7, 11) is 0. The van der Waals surface area contributed by atoms with Gasteiger partial charge in [0.05, 0.1) is 13.0 Å². The zero-order valence-corrected chi connectivity index (χ0v) is 30.2. The second-order valence-electron chi connectivity index (χ2n) is 11.8. The van der Waals surface area contributed by atoms with Crippen LogP contribution in [-0.2, 0) is 44.8 Å². The van der Waals surface area contributed by atoms with Gasteiger partial charge in [0, 0.05) is 13.0 Å². The number of carbonyl (C=O) groups excluding carboxylic acids is 5. The normalized spacial score (nSPS) is 19.3. The molecule has 4 atom stereocenters. The van der Waals surface area contributed by atoms with E-state index in [1.165, 1.54) is 24.3 Å². The maximum absolute atomic E-state index is 13.6. The molecule has 2 rings (SSSR count). The molecule has 15 N–H and O–H groups in total. The summed E-state index contributed by atoms with van der Waals surface area (Å²) in [5.41, 5.74) is 16.8. The second kappa shape index (κ2) is 25.0.